The first-order chi connectivity index (χ1) is 12.6. The van der Waals surface area contributed by atoms with Crippen LogP contribution in [0, 0.1) is 11.8 Å². The molecule has 0 saturated heterocycles. The van der Waals surface area contributed by atoms with E-state index >= 15 is 0 Å². The molecule has 0 fully saturated rings. The van der Waals surface area contributed by atoms with E-state index in [-0.39, 0.29) is 25.7 Å². The second-order valence-electron chi connectivity index (χ2n) is 5.86. The van der Waals surface area contributed by atoms with E-state index in [4.69, 9.17) is 21.1 Å². The molecule has 0 aliphatic carbocycles. The largest absolute Gasteiger partial charge is 0.484 e. The molecule has 0 radical (unpaired) electrons. The number of carbonyl (C=O) groups excluding carboxylic acids is 1. The van der Waals surface area contributed by atoms with Crippen molar-refractivity contribution in [2.24, 2.45) is 0 Å². The molecule has 0 atom stereocenters. The van der Waals surface area contributed by atoms with E-state index < -0.39 is 0 Å². The highest BCUT2D eigenvalue weighted by Gasteiger charge is 2.03. The number of para-hydroxylation sites is 1. The van der Waals surface area contributed by atoms with Crippen LogP contribution in [-0.4, -0.2) is 25.7 Å². The number of ether oxygens (including phenoxy) is 2. The summed E-state index contributed by atoms with van der Waals surface area (Å²) in [5, 5.41) is 3.22. The molecule has 2 aromatic rings. The Bertz CT molecular complexity index is 776. The van der Waals surface area contributed by atoms with Crippen LogP contribution in [0.1, 0.15) is 25.3 Å². The Morgan fingerprint density at radius 2 is 1.81 bits per heavy atom. The summed E-state index contributed by atoms with van der Waals surface area (Å²) in [7, 11) is 0. The van der Waals surface area contributed by atoms with Gasteiger partial charge in [-0.15, -0.1) is 0 Å². The first-order valence-electron chi connectivity index (χ1n) is 8.39. The molecular weight excluding hydrogens is 350 g/mol. The number of nitrogens with one attached hydrogen (secondary N) is 1. The average Bonchev–Trinajstić information content (AvgIpc) is 2.64. The zero-order chi connectivity index (χ0) is 18.8. The number of hydrogen-bond donors (Lipinski definition) is 1. The fourth-order valence-corrected chi connectivity index (χ4v) is 2.27. The van der Waals surface area contributed by atoms with Gasteiger partial charge in [-0.3, -0.25) is 4.79 Å². The van der Waals surface area contributed by atoms with Gasteiger partial charge < -0.3 is 14.8 Å². The second kappa shape index (κ2) is 10.4. The summed E-state index contributed by atoms with van der Waals surface area (Å²) in [6.45, 7) is 4.66. The molecule has 0 heterocycles. The van der Waals surface area contributed by atoms with Crippen molar-refractivity contribution in [3.8, 4) is 23.3 Å². The molecule has 2 rings (SSSR count). The van der Waals surface area contributed by atoms with Gasteiger partial charge in [0.1, 0.15) is 18.1 Å². The van der Waals surface area contributed by atoms with Gasteiger partial charge in [0.15, 0.2) is 6.61 Å². The van der Waals surface area contributed by atoms with Crippen molar-refractivity contribution >= 4 is 17.5 Å². The van der Waals surface area contributed by atoms with Crippen molar-refractivity contribution in [2.45, 2.75) is 19.8 Å². The molecule has 0 spiro atoms. The van der Waals surface area contributed by atoms with Gasteiger partial charge in [0.05, 0.1) is 11.6 Å². The van der Waals surface area contributed by atoms with Crippen LogP contribution < -0.4 is 14.8 Å². The fourth-order valence-electron chi connectivity index (χ4n) is 2.08. The van der Waals surface area contributed by atoms with E-state index in [1.165, 1.54) is 5.56 Å². The Balaban J connectivity index is 1.64. The Hall–Kier alpha value is -2.64. The number of halogens is 1. The number of rotatable bonds is 7. The maximum Gasteiger partial charge on any atom is 0.258 e. The van der Waals surface area contributed by atoms with Crippen LogP contribution in [0.15, 0.2) is 48.5 Å². The topological polar surface area (TPSA) is 47.6 Å². The zero-order valence-corrected chi connectivity index (χ0v) is 15.7. The van der Waals surface area contributed by atoms with E-state index in [2.05, 4.69) is 31.0 Å². The van der Waals surface area contributed by atoms with Crippen LogP contribution in [0.4, 0.5) is 0 Å². The SMILES string of the molecule is CC(C)c1ccc(OCC(=O)NCC#CCOc2ccccc2Cl)cc1. The molecule has 2 aromatic carbocycles. The van der Waals surface area contributed by atoms with E-state index in [0.29, 0.717) is 22.4 Å². The van der Waals surface area contributed by atoms with Gasteiger partial charge in [-0.05, 0) is 35.7 Å². The molecule has 136 valence electrons. The first-order valence-corrected chi connectivity index (χ1v) is 8.76. The van der Waals surface area contributed by atoms with Gasteiger partial charge in [0.25, 0.3) is 5.91 Å². The lowest BCUT2D eigenvalue weighted by atomic mass is 10.0. The predicted molar refractivity (Wildman–Crippen MR) is 104 cm³/mol. The molecule has 0 saturated carbocycles. The summed E-state index contributed by atoms with van der Waals surface area (Å²) in [6.07, 6.45) is 0. The van der Waals surface area contributed by atoms with E-state index in [1.807, 2.05) is 36.4 Å². The predicted octanol–water partition coefficient (Wildman–Crippen LogP) is 4.04. The van der Waals surface area contributed by atoms with Gasteiger partial charge >= 0.3 is 0 Å². The van der Waals surface area contributed by atoms with Crippen LogP contribution in [-0.2, 0) is 4.79 Å². The molecule has 26 heavy (non-hydrogen) atoms. The lowest BCUT2D eigenvalue weighted by Gasteiger charge is -2.08. The molecule has 0 aromatic heterocycles. The molecule has 1 amide bonds. The van der Waals surface area contributed by atoms with Gasteiger partial charge in [-0.1, -0.05) is 61.6 Å². The number of benzene rings is 2. The lowest BCUT2D eigenvalue weighted by Crippen LogP contribution is -2.29. The van der Waals surface area contributed by atoms with Crippen molar-refractivity contribution < 1.29 is 14.3 Å². The molecule has 4 nitrogen and oxygen atoms in total. The second-order valence-corrected chi connectivity index (χ2v) is 6.27. The van der Waals surface area contributed by atoms with Crippen molar-refractivity contribution in [1.29, 1.82) is 0 Å². The summed E-state index contributed by atoms with van der Waals surface area (Å²) >= 11 is 5.97. The van der Waals surface area contributed by atoms with Crippen LogP contribution in [0.25, 0.3) is 0 Å². The fraction of sp³-hybridized carbons (Fsp3) is 0.286. The Labute approximate surface area is 159 Å². The third-order valence-electron chi connectivity index (χ3n) is 3.55. The maximum atomic E-state index is 11.7. The maximum absolute atomic E-state index is 11.7. The molecule has 0 aliphatic heterocycles. The summed E-state index contributed by atoms with van der Waals surface area (Å²) in [5.74, 6) is 7.14. The Kier molecular flexibility index (Phi) is 7.85. The van der Waals surface area contributed by atoms with Gasteiger partial charge in [-0.25, -0.2) is 0 Å². The molecule has 5 heteroatoms. The van der Waals surface area contributed by atoms with Crippen LogP contribution in [0.5, 0.6) is 11.5 Å². The summed E-state index contributed by atoms with van der Waals surface area (Å²) in [6, 6.07) is 14.9. The van der Waals surface area contributed by atoms with Crippen LogP contribution in [0.3, 0.4) is 0 Å². The van der Waals surface area contributed by atoms with E-state index in [1.54, 1.807) is 12.1 Å². The van der Waals surface area contributed by atoms with E-state index in [0.717, 1.165) is 0 Å². The number of carbonyl (C=O) groups is 1. The summed E-state index contributed by atoms with van der Waals surface area (Å²) < 4.78 is 10.9. The van der Waals surface area contributed by atoms with Crippen molar-refractivity contribution in [3.63, 3.8) is 0 Å². The van der Waals surface area contributed by atoms with Crippen LogP contribution >= 0.6 is 11.6 Å². The third-order valence-corrected chi connectivity index (χ3v) is 3.86. The van der Waals surface area contributed by atoms with Crippen molar-refractivity contribution in [3.05, 3.63) is 59.1 Å². The van der Waals surface area contributed by atoms with Crippen molar-refractivity contribution in [2.75, 3.05) is 19.8 Å². The Morgan fingerprint density at radius 1 is 1.08 bits per heavy atom. The summed E-state index contributed by atoms with van der Waals surface area (Å²) in [4.78, 5) is 11.7. The molecule has 0 bridgehead atoms. The molecule has 0 unspecified atom stereocenters. The van der Waals surface area contributed by atoms with Gasteiger partial charge in [0, 0.05) is 0 Å². The molecular formula is C21H22ClNO3. The minimum Gasteiger partial charge on any atom is -0.484 e. The van der Waals surface area contributed by atoms with Gasteiger partial charge in [0.2, 0.25) is 0 Å². The Morgan fingerprint density at radius 3 is 2.50 bits per heavy atom. The normalized spacial score (nSPS) is 10.0. The quantitative estimate of drug-likeness (QED) is 0.747. The highest BCUT2D eigenvalue weighted by molar-refractivity contribution is 6.32. The first kappa shape index (κ1) is 19.7. The zero-order valence-electron chi connectivity index (χ0n) is 14.9. The van der Waals surface area contributed by atoms with Gasteiger partial charge in [-0.2, -0.15) is 0 Å². The highest BCUT2D eigenvalue weighted by atomic mass is 35.5. The average molecular weight is 372 g/mol. The minimum absolute atomic E-state index is 0.0428. The monoisotopic (exact) mass is 371 g/mol. The minimum atomic E-state index is -0.223. The number of hydrogen-bond acceptors (Lipinski definition) is 3. The highest BCUT2D eigenvalue weighted by Crippen LogP contribution is 2.22. The summed E-state index contributed by atoms with van der Waals surface area (Å²) in [5.41, 5.74) is 1.23. The lowest BCUT2D eigenvalue weighted by molar-refractivity contribution is -0.122. The smallest absolute Gasteiger partial charge is 0.258 e. The standard InChI is InChI=1S/C21H22ClNO3/c1-16(2)17-9-11-18(12-10-17)26-15-21(24)23-13-5-6-14-25-20-8-4-3-7-19(20)22/h3-4,7-12,16H,13-15H2,1-2H3,(H,23,24). The molecule has 0 aliphatic rings. The third kappa shape index (κ3) is 6.70. The number of amides is 1. The van der Waals surface area contributed by atoms with E-state index in [9.17, 15) is 4.79 Å². The van der Waals surface area contributed by atoms with Crippen LogP contribution in [0.2, 0.25) is 5.02 Å². The van der Waals surface area contributed by atoms with Crippen molar-refractivity contribution in [1.82, 2.24) is 5.32 Å². The molecule has 1 N–H and O–H groups in total.